The average molecular weight is 334 g/mol. The van der Waals surface area contributed by atoms with E-state index in [1.54, 1.807) is 0 Å². The lowest BCUT2D eigenvalue weighted by atomic mass is 9.92. The molecule has 0 spiro atoms. The molecule has 0 nitrogen and oxygen atoms in total. The van der Waals surface area contributed by atoms with Crippen molar-refractivity contribution >= 4 is 0 Å². The van der Waals surface area contributed by atoms with Crippen LogP contribution in [0, 0.1) is 13.8 Å². The fourth-order valence-electron chi connectivity index (χ4n) is 2.25. The predicted molar refractivity (Wildman–Crippen MR) is 78.1 cm³/mol. The Labute approximate surface area is 130 Å². The highest BCUT2D eigenvalue weighted by Crippen LogP contribution is 2.43. The molecule has 23 heavy (non-hydrogen) atoms. The molecule has 0 N–H and O–H groups in total. The van der Waals surface area contributed by atoms with Gasteiger partial charge >= 0.3 is 12.4 Å². The van der Waals surface area contributed by atoms with E-state index in [0.29, 0.717) is 11.1 Å². The van der Waals surface area contributed by atoms with E-state index in [0.717, 1.165) is 24.3 Å². The lowest BCUT2D eigenvalue weighted by Gasteiger charge is -2.18. The molecule has 0 radical (unpaired) electrons. The van der Waals surface area contributed by atoms with Crippen molar-refractivity contribution in [1.29, 1.82) is 0 Å². The summed E-state index contributed by atoms with van der Waals surface area (Å²) in [5.41, 5.74) is -2.41. The SMILES string of the molecule is C.Cc1ccc(-c2ccc(C)cc2C(F)(F)F)c(C(F)(F)F)c1. The van der Waals surface area contributed by atoms with E-state index in [1.807, 2.05) is 0 Å². The highest BCUT2D eigenvalue weighted by molar-refractivity contribution is 5.72. The first-order chi connectivity index (χ1) is 10.00. The summed E-state index contributed by atoms with van der Waals surface area (Å²) < 4.78 is 78.8. The molecule has 0 fully saturated rings. The van der Waals surface area contributed by atoms with Gasteiger partial charge in [-0.2, -0.15) is 26.3 Å². The molecule has 2 aromatic carbocycles. The van der Waals surface area contributed by atoms with Crippen LogP contribution in [0.4, 0.5) is 26.3 Å². The lowest BCUT2D eigenvalue weighted by molar-refractivity contribution is -0.139. The summed E-state index contributed by atoms with van der Waals surface area (Å²) in [5, 5.41) is 0. The van der Waals surface area contributed by atoms with Gasteiger partial charge in [0.15, 0.2) is 0 Å². The Balaban J connectivity index is 0.00000264. The Morgan fingerprint density at radius 1 is 0.609 bits per heavy atom. The minimum Gasteiger partial charge on any atom is -0.166 e. The fraction of sp³-hybridized carbons (Fsp3) is 0.294. The van der Waals surface area contributed by atoms with E-state index < -0.39 is 34.6 Å². The van der Waals surface area contributed by atoms with Gasteiger partial charge in [-0.25, -0.2) is 0 Å². The number of rotatable bonds is 1. The molecule has 0 saturated heterocycles. The van der Waals surface area contributed by atoms with Crippen LogP contribution in [-0.4, -0.2) is 0 Å². The summed E-state index contributed by atoms with van der Waals surface area (Å²) in [6, 6.07) is 6.61. The van der Waals surface area contributed by atoms with E-state index >= 15 is 0 Å². The van der Waals surface area contributed by atoms with Crippen molar-refractivity contribution in [2.45, 2.75) is 33.6 Å². The Morgan fingerprint density at radius 2 is 0.913 bits per heavy atom. The fourth-order valence-corrected chi connectivity index (χ4v) is 2.25. The molecule has 2 rings (SSSR count). The van der Waals surface area contributed by atoms with Crippen LogP contribution in [0.25, 0.3) is 11.1 Å². The van der Waals surface area contributed by atoms with Gasteiger partial charge in [0, 0.05) is 0 Å². The lowest BCUT2D eigenvalue weighted by Crippen LogP contribution is -2.11. The molecule has 0 atom stereocenters. The topological polar surface area (TPSA) is 0 Å². The quantitative estimate of drug-likeness (QED) is 0.513. The van der Waals surface area contributed by atoms with Crippen LogP contribution in [0.2, 0.25) is 0 Å². The van der Waals surface area contributed by atoms with Crippen LogP contribution in [0.5, 0.6) is 0 Å². The second kappa shape index (κ2) is 6.26. The van der Waals surface area contributed by atoms with Gasteiger partial charge in [-0.3, -0.25) is 0 Å². The van der Waals surface area contributed by atoms with Crippen LogP contribution in [0.3, 0.4) is 0 Å². The monoisotopic (exact) mass is 334 g/mol. The standard InChI is InChI=1S/C16H12F6.CH4/c1-9-3-5-11(13(7-9)15(17,18)19)12-6-4-10(2)8-14(12)16(20,21)22;/h3-8H,1-2H3;1H4. The molecule has 6 heteroatoms. The number of halogens is 6. The zero-order valence-electron chi connectivity index (χ0n) is 11.7. The van der Waals surface area contributed by atoms with Crippen molar-refractivity contribution in [3.8, 4) is 11.1 Å². The Bertz CT molecular complexity index is 634. The zero-order chi connectivity index (χ0) is 16.7. The molecule has 0 saturated carbocycles. The van der Waals surface area contributed by atoms with Crippen LogP contribution in [0.15, 0.2) is 36.4 Å². The number of benzene rings is 2. The van der Waals surface area contributed by atoms with E-state index in [1.165, 1.54) is 26.0 Å². The maximum Gasteiger partial charge on any atom is 0.417 e. The summed E-state index contributed by atoms with van der Waals surface area (Å²) in [6.07, 6.45) is -9.45. The van der Waals surface area contributed by atoms with Crippen LogP contribution in [-0.2, 0) is 12.4 Å². The molecule has 0 unspecified atom stereocenters. The van der Waals surface area contributed by atoms with Crippen molar-refractivity contribution in [3.63, 3.8) is 0 Å². The number of alkyl halides is 6. The molecular formula is C17H16F6. The highest BCUT2D eigenvalue weighted by Gasteiger charge is 2.38. The van der Waals surface area contributed by atoms with E-state index in [9.17, 15) is 26.3 Å². The van der Waals surface area contributed by atoms with Crippen molar-refractivity contribution in [3.05, 3.63) is 58.7 Å². The van der Waals surface area contributed by atoms with E-state index in [4.69, 9.17) is 0 Å². The molecule has 126 valence electrons. The van der Waals surface area contributed by atoms with Crippen LogP contribution >= 0.6 is 0 Å². The summed E-state index contributed by atoms with van der Waals surface area (Å²) >= 11 is 0. The summed E-state index contributed by atoms with van der Waals surface area (Å²) in [6.45, 7) is 2.91. The first-order valence-corrected chi connectivity index (χ1v) is 6.36. The number of hydrogen-bond acceptors (Lipinski definition) is 0. The molecular weight excluding hydrogens is 318 g/mol. The molecule has 0 aromatic heterocycles. The van der Waals surface area contributed by atoms with Crippen molar-refractivity contribution < 1.29 is 26.3 Å². The third-order valence-electron chi connectivity index (χ3n) is 3.25. The van der Waals surface area contributed by atoms with Gasteiger partial charge in [0.1, 0.15) is 0 Å². The van der Waals surface area contributed by atoms with E-state index in [-0.39, 0.29) is 7.43 Å². The predicted octanol–water partition coefficient (Wildman–Crippen LogP) is 6.64. The van der Waals surface area contributed by atoms with Crippen molar-refractivity contribution in [1.82, 2.24) is 0 Å². The molecule has 0 aliphatic rings. The Kier molecular flexibility index (Phi) is 5.19. The van der Waals surface area contributed by atoms with Crippen LogP contribution < -0.4 is 0 Å². The second-order valence-electron chi connectivity index (χ2n) is 5.09. The smallest absolute Gasteiger partial charge is 0.166 e. The molecule has 2 aromatic rings. The van der Waals surface area contributed by atoms with Gasteiger partial charge in [0.25, 0.3) is 0 Å². The summed E-state index contributed by atoms with van der Waals surface area (Å²) in [4.78, 5) is 0. The number of hydrogen-bond donors (Lipinski definition) is 0. The summed E-state index contributed by atoms with van der Waals surface area (Å²) in [7, 11) is 0. The normalized spacial score (nSPS) is 12.0. The summed E-state index contributed by atoms with van der Waals surface area (Å²) in [5.74, 6) is 0. The second-order valence-corrected chi connectivity index (χ2v) is 5.09. The van der Waals surface area contributed by atoms with Crippen molar-refractivity contribution in [2.24, 2.45) is 0 Å². The minimum absolute atomic E-state index is 0. The van der Waals surface area contributed by atoms with Gasteiger partial charge in [-0.05, 0) is 37.1 Å². The third kappa shape index (κ3) is 4.06. The average Bonchev–Trinajstić information content (AvgIpc) is 2.37. The van der Waals surface area contributed by atoms with Gasteiger partial charge in [0.05, 0.1) is 11.1 Å². The van der Waals surface area contributed by atoms with Gasteiger partial charge in [-0.1, -0.05) is 42.8 Å². The van der Waals surface area contributed by atoms with Gasteiger partial charge in [0.2, 0.25) is 0 Å². The third-order valence-corrected chi connectivity index (χ3v) is 3.25. The van der Waals surface area contributed by atoms with Crippen LogP contribution in [0.1, 0.15) is 29.7 Å². The van der Waals surface area contributed by atoms with Crippen molar-refractivity contribution in [2.75, 3.05) is 0 Å². The largest absolute Gasteiger partial charge is 0.417 e. The van der Waals surface area contributed by atoms with Gasteiger partial charge in [-0.15, -0.1) is 0 Å². The minimum atomic E-state index is -4.73. The zero-order valence-corrected chi connectivity index (χ0v) is 11.7. The molecule has 0 amide bonds. The first kappa shape index (κ1) is 19.1. The maximum absolute atomic E-state index is 13.1. The molecule has 0 aliphatic heterocycles. The van der Waals surface area contributed by atoms with E-state index in [2.05, 4.69) is 0 Å². The maximum atomic E-state index is 13.1. The molecule has 0 heterocycles. The Morgan fingerprint density at radius 3 is 1.17 bits per heavy atom. The first-order valence-electron chi connectivity index (χ1n) is 6.36. The highest BCUT2D eigenvalue weighted by atomic mass is 19.4. The number of aryl methyl sites for hydroxylation is 2. The van der Waals surface area contributed by atoms with Gasteiger partial charge < -0.3 is 0 Å². The molecule has 0 bridgehead atoms. The Hall–Kier alpha value is -1.98. The molecule has 0 aliphatic carbocycles.